The molecule has 1 saturated carbocycles. The molecule has 2 aliphatic rings. The lowest BCUT2D eigenvalue weighted by molar-refractivity contribution is -0.117. The average molecular weight is 479 g/mol. The lowest BCUT2D eigenvalue weighted by Crippen LogP contribution is -2.41. The van der Waals surface area contributed by atoms with Gasteiger partial charge in [-0.2, -0.15) is 0 Å². The van der Waals surface area contributed by atoms with Gasteiger partial charge in [0.25, 0.3) is 10.9 Å². The van der Waals surface area contributed by atoms with Crippen LogP contribution in [0.1, 0.15) is 56.4 Å². The van der Waals surface area contributed by atoms with Gasteiger partial charge in [-0.3, -0.25) is 14.4 Å². The number of amides is 1. The van der Waals surface area contributed by atoms with Crippen molar-refractivity contribution in [2.24, 2.45) is 5.92 Å². The maximum Gasteiger partial charge on any atom is 0.253 e. The van der Waals surface area contributed by atoms with E-state index in [2.05, 4.69) is 27.6 Å². The van der Waals surface area contributed by atoms with E-state index in [4.69, 9.17) is 0 Å². The van der Waals surface area contributed by atoms with Crippen molar-refractivity contribution >= 4 is 45.0 Å². The molecule has 0 radical (unpaired) electrons. The predicted octanol–water partition coefficient (Wildman–Crippen LogP) is 2.51. The third-order valence-electron chi connectivity index (χ3n) is 5.96. The molecule has 0 saturated heterocycles. The molecule has 32 heavy (non-hydrogen) atoms. The first-order valence-electron chi connectivity index (χ1n) is 11.4. The first-order chi connectivity index (χ1) is 15.4. The van der Waals surface area contributed by atoms with Crippen LogP contribution in [-0.4, -0.2) is 29.6 Å². The second-order valence-corrected chi connectivity index (χ2v) is 10.8. The molecule has 1 aromatic heterocycles. The van der Waals surface area contributed by atoms with E-state index in [1.54, 1.807) is 0 Å². The third kappa shape index (κ3) is 4.73. The van der Waals surface area contributed by atoms with Crippen molar-refractivity contribution in [3.8, 4) is 0 Å². The number of carbonyl (C=O) groups is 1. The highest BCUT2D eigenvalue weighted by Crippen LogP contribution is 2.42. The Morgan fingerprint density at radius 2 is 1.91 bits per heavy atom. The molecule has 2 unspecified atom stereocenters. The fourth-order valence-corrected chi connectivity index (χ4v) is 6.69. The summed E-state index contributed by atoms with van der Waals surface area (Å²) < 4.78 is 16.3. The predicted molar refractivity (Wildman–Crippen MR) is 130 cm³/mol. The minimum Gasteiger partial charge on any atom is -0.593 e. The molecule has 4 N–H and O–H groups in total. The van der Waals surface area contributed by atoms with E-state index in [9.17, 15) is 18.9 Å². The molecule has 0 aliphatic heterocycles. The molecule has 8 nitrogen and oxygen atoms in total. The fraction of sp³-hybridized carbons (Fsp3) is 0.591. The van der Waals surface area contributed by atoms with Gasteiger partial charge in [0.15, 0.2) is 5.00 Å². The molecule has 1 amide bonds. The van der Waals surface area contributed by atoms with Crippen LogP contribution in [0, 0.1) is 5.92 Å². The van der Waals surface area contributed by atoms with E-state index in [1.165, 1.54) is 11.3 Å². The Balaban J connectivity index is 1.56. The largest absolute Gasteiger partial charge is 0.593 e. The Morgan fingerprint density at radius 1 is 1.16 bits per heavy atom. The molecule has 0 bridgehead atoms. The summed E-state index contributed by atoms with van der Waals surface area (Å²) in [6, 6.07) is -0.0452. The van der Waals surface area contributed by atoms with Gasteiger partial charge in [0, 0.05) is 35.5 Å². The molecule has 4 rings (SSSR count). The normalized spacial score (nSPS) is 18.9. The Hall–Kier alpha value is -1.88. The van der Waals surface area contributed by atoms with Crippen molar-refractivity contribution in [2.75, 3.05) is 29.0 Å². The molecule has 1 heterocycles. The molecule has 2 aliphatic carbocycles. The van der Waals surface area contributed by atoms with Crippen LogP contribution < -0.4 is 31.5 Å². The quantitative estimate of drug-likeness (QED) is 0.222. The van der Waals surface area contributed by atoms with Crippen molar-refractivity contribution in [3.63, 3.8) is 0 Å². The SMILES string of the molecule is CCCCN[S+]([O-])c1c(NC(=O)C2CC2)sc2c1CC(Nc1c(NCC)c(=O)c1=O)CC2. The van der Waals surface area contributed by atoms with Crippen molar-refractivity contribution < 1.29 is 9.35 Å². The van der Waals surface area contributed by atoms with Crippen molar-refractivity contribution in [2.45, 2.75) is 69.7 Å². The smallest absolute Gasteiger partial charge is 0.253 e. The average Bonchev–Trinajstić information content (AvgIpc) is 3.58. The van der Waals surface area contributed by atoms with E-state index in [1.807, 2.05) is 6.92 Å². The Morgan fingerprint density at radius 3 is 2.59 bits per heavy atom. The van der Waals surface area contributed by atoms with Gasteiger partial charge in [-0.15, -0.1) is 16.1 Å². The number of carbonyl (C=O) groups excluding carboxylic acids is 1. The Bertz CT molecular complexity index is 1060. The van der Waals surface area contributed by atoms with E-state index in [0.29, 0.717) is 40.8 Å². The van der Waals surface area contributed by atoms with Crippen LogP contribution in [0.4, 0.5) is 16.4 Å². The maximum atomic E-state index is 13.2. The summed E-state index contributed by atoms with van der Waals surface area (Å²) in [6.07, 6.45) is 5.89. The number of rotatable bonds is 11. The summed E-state index contributed by atoms with van der Waals surface area (Å²) in [4.78, 5) is 38.1. The van der Waals surface area contributed by atoms with Crippen LogP contribution in [0.5, 0.6) is 0 Å². The number of hydrogen-bond donors (Lipinski definition) is 4. The lowest BCUT2D eigenvalue weighted by Gasteiger charge is -2.26. The van der Waals surface area contributed by atoms with E-state index in [0.717, 1.165) is 49.0 Å². The third-order valence-corrected chi connectivity index (χ3v) is 8.58. The zero-order valence-electron chi connectivity index (χ0n) is 18.5. The van der Waals surface area contributed by atoms with Crippen LogP contribution in [0.15, 0.2) is 14.5 Å². The number of aryl methyl sites for hydroxylation is 1. The lowest BCUT2D eigenvalue weighted by atomic mass is 9.93. The van der Waals surface area contributed by atoms with Gasteiger partial charge in [-0.1, -0.05) is 13.3 Å². The molecular weight excluding hydrogens is 448 g/mol. The van der Waals surface area contributed by atoms with Crippen LogP contribution >= 0.6 is 11.3 Å². The van der Waals surface area contributed by atoms with Crippen LogP contribution in [-0.2, 0) is 29.0 Å². The highest BCUT2D eigenvalue weighted by molar-refractivity contribution is 7.90. The summed E-state index contributed by atoms with van der Waals surface area (Å²) in [5.41, 5.74) is 0.728. The zero-order chi connectivity index (χ0) is 22.8. The Kier molecular flexibility index (Phi) is 7.24. The summed E-state index contributed by atoms with van der Waals surface area (Å²) in [6.45, 7) is 5.16. The monoisotopic (exact) mass is 478 g/mol. The number of thiophene rings is 1. The van der Waals surface area contributed by atoms with Crippen molar-refractivity contribution in [1.29, 1.82) is 0 Å². The molecule has 1 aromatic carbocycles. The summed E-state index contributed by atoms with van der Waals surface area (Å²) in [7, 11) is 0. The van der Waals surface area contributed by atoms with Crippen LogP contribution in [0.25, 0.3) is 0 Å². The summed E-state index contributed by atoms with van der Waals surface area (Å²) >= 11 is 0.0854. The topological polar surface area (TPSA) is 122 Å². The molecule has 2 aromatic rings. The molecule has 10 heteroatoms. The maximum absolute atomic E-state index is 13.2. The molecular formula is C22H30N4O4S2. The summed E-state index contributed by atoms with van der Waals surface area (Å²) in [5.74, 6) is 0.0700. The summed E-state index contributed by atoms with van der Waals surface area (Å²) in [5, 5.41) is 9.92. The van der Waals surface area contributed by atoms with E-state index < -0.39 is 22.2 Å². The van der Waals surface area contributed by atoms with Crippen molar-refractivity contribution in [3.05, 3.63) is 30.9 Å². The standard InChI is InChI=1S/C22H30N4O4S2/c1-3-5-10-24-32(30)20-14-11-13(25-17-16(23-4-2)18(27)19(17)28)8-9-15(14)31-22(20)26-21(29)12-6-7-12/h12-13,23-25H,3-11H2,1-2H3,(H,26,29). The van der Waals surface area contributed by atoms with Crippen LogP contribution in [0.2, 0.25) is 0 Å². The second kappa shape index (κ2) is 9.94. The first kappa shape index (κ1) is 23.3. The van der Waals surface area contributed by atoms with Gasteiger partial charge in [0.1, 0.15) is 11.4 Å². The second-order valence-electron chi connectivity index (χ2n) is 8.46. The van der Waals surface area contributed by atoms with Gasteiger partial charge in [-0.05, 0) is 45.4 Å². The number of fused-ring (bicyclic) bond motifs is 1. The van der Waals surface area contributed by atoms with E-state index in [-0.39, 0.29) is 17.9 Å². The number of unbranched alkanes of at least 4 members (excludes halogenated alkanes) is 1. The van der Waals surface area contributed by atoms with Gasteiger partial charge in [-0.25, -0.2) is 0 Å². The van der Waals surface area contributed by atoms with Crippen molar-refractivity contribution in [1.82, 2.24) is 4.72 Å². The van der Waals surface area contributed by atoms with Gasteiger partial charge < -0.3 is 20.5 Å². The first-order valence-corrected chi connectivity index (χ1v) is 13.4. The molecule has 1 fully saturated rings. The zero-order valence-corrected chi connectivity index (χ0v) is 20.1. The molecule has 2 atom stereocenters. The van der Waals surface area contributed by atoms with Gasteiger partial charge in [0.2, 0.25) is 10.8 Å². The minimum atomic E-state index is -1.43. The number of hydrogen-bond acceptors (Lipinski definition) is 8. The minimum absolute atomic E-state index is 0.00379. The van der Waals surface area contributed by atoms with Crippen LogP contribution in [0.3, 0.4) is 0 Å². The Labute approximate surface area is 194 Å². The fourth-order valence-electron chi connectivity index (χ4n) is 4.01. The van der Waals surface area contributed by atoms with Gasteiger partial charge in [0.05, 0.1) is 11.4 Å². The highest BCUT2D eigenvalue weighted by atomic mass is 32.2. The molecule has 174 valence electrons. The van der Waals surface area contributed by atoms with E-state index >= 15 is 0 Å². The highest BCUT2D eigenvalue weighted by Gasteiger charge is 2.36. The molecule has 0 spiro atoms. The number of nitrogens with one attached hydrogen (secondary N) is 4. The van der Waals surface area contributed by atoms with Gasteiger partial charge >= 0.3 is 0 Å². The number of anilines is 3.